The second-order valence-electron chi connectivity index (χ2n) is 5.59. The summed E-state index contributed by atoms with van der Waals surface area (Å²) < 4.78 is 5.15. The molecule has 1 heterocycles. The number of benzene rings is 2. The molecule has 24 heavy (non-hydrogen) atoms. The van der Waals surface area contributed by atoms with E-state index in [0.717, 1.165) is 22.6 Å². The highest BCUT2D eigenvalue weighted by Crippen LogP contribution is 2.23. The van der Waals surface area contributed by atoms with Crippen molar-refractivity contribution in [1.29, 1.82) is 0 Å². The molecule has 3 rings (SSSR count). The second-order valence-corrected chi connectivity index (χ2v) is 5.59. The Labute approximate surface area is 140 Å². The van der Waals surface area contributed by atoms with Crippen LogP contribution in [-0.4, -0.2) is 32.9 Å². The fourth-order valence-electron chi connectivity index (χ4n) is 2.40. The average molecular weight is 322 g/mol. The molecular formula is C19H18N2O3. The quantitative estimate of drug-likeness (QED) is 0.641. The monoisotopic (exact) mass is 322 g/mol. The van der Waals surface area contributed by atoms with E-state index in [-0.39, 0.29) is 0 Å². The van der Waals surface area contributed by atoms with Crippen LogP contribution in [0.15, 0.2) is 59.3 Å². The lowest BCUT2D eigenvalue weighted by atomic mass is 10.0. The maximum Gasteiger partial charge on any atom is 0.368 e. The summed E-state index contributed by atoms with van der Waals surface area (Å²) in [5.74, 6) is 0.298. The predicted octanol–water partition coefficient (Wildman–Crippen LogP) is 3.11. The summed E-state index contributed by atoms with van der Waals surface area (Å²) in [5, 5.41) is 3.92. The van der Waals surface area contributed by atoms with E-state index in [1.165, 1.54) is 0 Å². The normalized spacial score (nSPS) is 15.2. The van der Waals surface area contributed by atoms with Gasteiger partial charge in [-0.05, 0) is 48.0 Å². The van der Waals surface area contributed by atoms with Gasteiger partial charge in [0.25, 0.3) is 0 Å². The number of carbonyl (C=O) groups excluding carboxylic acids is 1. The molecule has 122 valence electrons. The first-order valence-corrected chi connectivity index (χ1v) is 7.51. The molecular weight excluding hydrogens is 304 g/mol. The lowest BCUT2D eigenvalue weighted by molar-refractivity contribution is -0.136. The summed E-state index contributed by atoms with van der Waals surface area (Å²) in [6, 6.07) is 15.3. The van der Waals surface area contributed by atoms with E-state index in [4.69, 9.17) is 9.57 Å². The van der Waals surface area contributed by atoms with Crippen LogP contribution in [0.2, 0.25) is 0 Å². The maximum atomic E-state index is 12.0. The molecule has 0 radical (unpaired) electrons. The molecule has 1 aliphatic heterocycles. The first-order valence-electron chi connectivity index (χ1n) is 7.51. The number of hydrogen-bond acceptors (Lipinski definition) is 5. The SMILES string of the molecule is COc1ccc(C2=NOC(=O)/C2=C\c2ccc(N(C)C)cc2)cc1. The Hall–Kier alpha value is -3.08. The standard InChI is InChI=1S/C19H18N2O3/c1-21(2)15-8-4-13(5-9-15)12-17-18(20-24-19(17)22)14-6-10-16(23-3)11-7-14/h4-12H,1-3H3/b17-12-. The fourth-order valence-corrected chi connectivity index (χ4v) is 2.40. The van der Waals surface area contributed by atoms with Gasteiger partial charge in [-0.1, -0.05) is 17.3 Å². The van der Waals surface area contributed by atoms with Crippen molar-refractivity contribution in [3.8, 4) is 5.75 Å². The topological polar surface area (TPSA) is 51.1 Å². The molecule has 0 saturated heterocycles. The minimum Gasteiger partial charge on any atom is -0.497 e. The molecule has 5 nitrogen and oxygen atoms in total. The first kappa shape index (κ1) is 15.8. The third kappa shape index (κ3) is 3.15. The van der Waals surface area contributed by atoms with E-state index in [0.29, 0.717) is 11.3 Å². The molecule has 0 aliphatic carbocycles. The van der Waals surface area contributed by atoms with Crippen molar-refractivity contribution in [1.82, 2.24) is 0 Å². The molecule has 0 saturated carbocycles. The van der Waals surface area contributed by atoms with Crippen molar-refractivity contribution in [2.75, 3.05) is 26.1 Å². The molecule has 0 unspecified atom stereocenters. The Morgan fingerprint density at radius 3 is 2.29 bits per heavy atom. The van der Waals surface area contributed by atoms with Gasteiger partial charge < -0.3 is 14.5 Å². The maximum absolute atomic E-state index is 12.0. The van der Waals surface area contributed by atoms with Gasteiger partial charge in [0.15, 0.2) is 0 Å². The van der Waals surface area contributed by atoms with Gasteiger partial charge in [-0.2, -0.15) is 0 Å². The Morgan fingerprint density at radius 1 is 1.04 bits per heavy atom. The fraction of sp³-hybridized carbons (Fsp3) is 0.158. The summed E-state index contributed by atoms with van der Waals surface area (Å²) in [4.78, 5) is 18.9. The number of rotatable bonds is 4. The van der Waals surface area contributed by atoms with Crippen LogP contribution in [0.5, 0.6) is 5.75 Å². The summed E-state index contributed by atoms with van der Waals surface area (Å²) in [5.41, 5.74) is 3.78. The zero-order valence-electron chi connectivity index (χ0n) is 13.8. The Morgan fingerprint density at radius 2 is 1.71 bits per heavy atom. The number of oxime groups is 1. The Balaban J connectivity index is 1.92. The summed E-state index contributed by atoms with van der Waals surface area (Å²) in [6.07, 6.45) is 1.79. The van der Waals surface area contributed by atoms with Crippen molar-refractivity contribution in [3.63, 3.8) is 0 Å². The lowest BCUT2D eigenvalue weighted by Crippen LogP contribution is -2.08. The van der Waals surface area contributed by atoms with Crippen LogP contribution >= 0.6 is 0 Å². The molecule has 0 spiro atoms. The van der Waals surface area contributed by atoms with Gasteiger partial charge in [0, 0.05) is 25.3 Å². The molecule has 0 N–H and O–H groups in total. The van der Waals surface area contributed by atoms with Crippen LogP contribution in [0, 0.1) is 0 Å². The largest absolute Gasteiger partial charge is 0.497 e. The zero-order chi connectivity index (χ0) is 17.1. The predicted molar refractivity (Wildman–Crippen MR) is 94.4 cm³/mol. The highest BCUT2D eigenvalue weighted by molar-refractivity contribution is 6.31. The number of nitrogens with zero attached hydrogens (tertiary/aromatic N) is 2. The zero-order valence-corrected chi connectivity index (χ0v) is 13.8. The van der Waals surface area contributed by atoms with Crippen LogP contribution in [0.3, 0.4) is 0 Å². The molecule has 0 atom stereocenters. The molecule has 2 aromatic rings. The third-order valence-corrected chi connectivity index (χ3v) is 3.78. The average Bonchev–Trinajstić information content (AvgIpc) is 2.96. The summed E-state index contributed by atoms with van der Waals surface area (Å²) in [7, 11) is 5.57. The van der Waals surface area contributed by atoms with Crippen molar-refractivity contribution in [2.24, 2.45) is 5.16 Å². The van der Waals surface area contributed by atoms with Gasteiger partial charge in [-0.25, -0.2) is 4.79 Å². The first-order chi connectivity index (χ1) is 11.6. The minimum atomic E-state index is -0.447. The van der Waals surface area contributed by atoms with Crippen LogP contribution in [0.1, 0.15) is 11.1 Å². The van der Waals surface area contributed by atoms with Gasteiger partial charge >= 0.3 is 5.97 Å². The molecule has 2 aromatic carbocycles. The molecule has 5 heteroatoms. The van der Waals surface area contributed by atoms with Gasteiger partial charge in [0.05, 0.1) is 12.7 Å². The third-order valence-electron chi connectivity index (χ3n) is 3.78. The van der Waals surface area contributed by atoms with E-state index in [2.05, 4.69) is 5.16 Å². The van der Waals surface area contributed by atoms with E-state index in [1.807, 2.05) is 67.5 Å². The smallest absolute Gasteiger partial charge is 0.368 e. The second kappa shape index (κ2) is 6.58. The van der Waals surface area contributed by atoms with Crippen LogP contribution in [0.25, 0.3) is 6.08 Å². The van der Waals surface area contributed by atoms with E-state index < -0.39 is 5.97 Å². The number of carbonyl (C=O) groups is 1. The number of anilines is 1. The van der Waals surface area contributed by atoms with Gasteiger partial charge in [-0.15, -0.1) is 0 Å². The van der Waals surface area contributed by atoms with Gasteiger partial charge in [0.1, 0.15) is 11.5 Å². The minimum absolute atomic E-state index is 0.442. The van der Waals surface area contributed by atoms with Crippen LogP contribution in [-0.2, 0) is 9.63 Å². The summed E-state index contributed by atoms with van der Waals surface area (Å²) in [6.45, 7) is 0. The van der Waals surface area contributed by atoms with Crippen molar-refractivity contribution < 1.29 is 14.4 Å². The van der Waals surface area contributed by atoms with E-state index in [9.17, 15) is 4.79 Å². The molecule has 0 fully saturated rings. The highest BCUT2D eigenvalue weighted by atomic mass is 16.7. The van der Waals surface area contributed by atoms with Gasteiger partial charge in [-0.3, -0.25) is 0 Å². The van der Waals surface area contributed by atoms with Crippen LogP contribution in [0.4, 0.5) is 5.69 Å². The van der Waals surface area contributed by atoms with E-state index in [1.54, 1.807) is 13.2 Å². The highest BCUT2D eigenvalue weighted by Gasteiger charge is 2.26. The molecule has 1 aliphatic rings. The molecule has 0 bridgehead atoms. The summed E-state index contributed by atoms with van der Waals surface area (Å²) >= 11 is 0. The Bertz CT molecular complexity index is 804. The van der Waals surface area contributed by atoms with Crippen molar-refractivity contribution in [3.05, 3.63) is 65.2 Å². The lowest BCUT2D eigenvalue weighted by Gasteiger charge is -2.12. The number of hydrogen-bond donors (Lipinski definition) is 0. The Kier molecular flexibility index (Phi) is 4.33. The number of ether oxygens (including phenoxy) is 1. The van der Waals surface area contributed by atoms with Crippen molar-refractivity contribution in [2.45, 2.75) is 0 Å². The number of methoxy groups -OCH3 is 1. The van der Waals surface area contributed by atoms with E-state index >= 15 is 0 Å². The molecule has 0 aromatic heterocycles. The van der Waals surface area contributed by atoms with Gasteiger partial charge in [0.2, 0.25) is 0 Å². The molecule has 0 amide bonds. The van der Waals surface area contributed by atoms with Crippen LogP contribution < -0.4 is 9.64 Å². The van der Waals surface area contributed by atoms with Crippen molar-refractivity contribution >= 4 is 23.4 Å².